The molecular formula is C46H60ClN7O9S. The summed E-state index contributed by atoms with van der Waals surface area (Å²) >= 11 is 8.56. The molecule has 5 aliphatic rings. The molecule has 3 amide bonds. The van der Waals surface area contributed by atoms with Gasteiger partial charge in [-0.15, -0.1) is 17.9 Å². The van der Waals surface area contributed by atoms with E-state index in [1.165, 1.54) is 28.7 Å². The number of pyridine rings is 1. The summed E-state index contributed by atoms with van der Waals surface area (Å²) < 4.78 is 24.4. The fourth-order valence-corrected chi connectivity index (χ4v) is 10.6. The Kier molecular flexibility index (Phi) is 13.1. The Bertz CT molecular complexity index is 2280. The molecule has 64 heavy (non-hydrogen) atoms. The molecule has 8 rings (SSSR count). The Labute approximate surface area is 382 Å². The zero-order valence-corrected chi connectivity index (χ0v) is 38.9. The van der Waals surface area contributed by atoms with Gasteiger partial charge in [-0.1, -0.05) is 38.4 Å². The van der Waals surface area contributed by atoms with Gasteiger partial charge in [-0.05, 0) is 75.3 Å². The number of carbonyl (C=O) groups excluding carboxylic acids is 3. The van der Waals surface area contributed by atoms with Gasteiger partial charge in [-0.25, -0.2) is 19.6 Å². The Morgan fingerprint density at radius 2 is 1.81 bits per heavy atom. The van der Waals surface area contributed by atoms with Crippen LogP contribution in [0.1, 0.15) is 73.1 Å². The van der Waals surface area contributed by atoms with Crippen molar-refractivity contribution in [3.63, 3.8) is 0 Å². The van der Waals surface area contributed by atoms with Crippen LogP contribution >= 0.6 is 22.9 Å². The number of hydrogen-bond donors (Lipinski definition) is 4. The predicted octanol–water partition coefficient (Wildman–Crippen LogP) is 6.36. The Balaban J connectivity index is 1.09. The van der Waals surface area contributed by atoms with Crippen molar-refractivity contribution in [3.8, 4) is 22.9 Å². The topological polar surface area (TPSA) is 194 Å². The quantitative estimate of drug-likeness (QED) is 0.109. The molecule has 0 bridgehead atoms. The van der Waals surface area contributed by atoms with Crippen LogP contribution in [0.25, 0.3) is 22.3 Å². The highest BCUT2D eigenvalue weighted by molar-refractivity contribution is 7.14. The fraction of sp³-hybridized carbons (Fsp3) is 0.609. The maximum Gasteiger partial charge on any atom is 0.408 e. The number of ether oxygens (including phenoxy) is 4. The van der Waals surface area contributed by atoms with E-state index in [0.717, 1.165) is 32.4 Å². The Hall–Kier alpha value is -4.71. The SMILES string of the molecule is C=C[C@@H]1C[C@]1(NC(=O)[C@@H]1C[C@@H](Oc2cc(-c3csc(NC(C)C)n3)nc3c(Cl)c(OCCN4CC[C@@H](OC)C4)ccc23)CN1C(=O)[C@@H](NC(=O)OC1C[C@@H]2C[C@@H]2C1)C(C)(C)C)C(=O)O. The van der Waals surface area contributed by atoms with E-state index in [9.17, 15) is 24.3 Å². The molecule has 2 aromatic heterocycles. The average molecular weight is 923 g/mol. The number of anilines is 1. The Morgan fingerprint density at radius 3 is 2.47 bits per heavy atom. The van der Waals surface area contributed by atoms with Crippen LogP contribution in [0.2, 0.25) is 5.02 Å². The summed E-state index contributed by atoms with van der Waals surface area (Å²) in [5, 5.41) is 22.6. The van der Waals surface area contributed by atoms with Crippen LogP contribution < -0.4 is 25.4 Å². The molecule has 3 saturated carbocycles. The molecule has 16 nitrogen and oxygen atoms in total. The normalized spacial score (nSPS) is 27.8. The van der Waals surface area contributed by atoms with Crippen molar-refractivity contribution < 1.29 is 43.2 Å². The predicted molar refractivity (Wildman–Crippen MR) is 243 cm³/mol. The molecule has 1 unspecified atom stereocenters. The summed E-state index contributed by atoms with van der Waals surface area (Å²) in [6, 6.07) is 3.30. The number of hydrogen-bond acceptors (Lipinski definition) is 13. The molecular weight excluding hydrogens is 862 g/mol. The summed E-state index contributed by atoms with van der Waals surface area (Å²) in [6.45, 7) is 16.1. The number of nitrogens with one attached hydrogen (secondary N) is 3. The van der Waals surface area contributed by atoms with Crippen LogP contribution in [0.5, 0.6) is 11.5 Å². The van der Waals surface area contributed by atoms with Crippen molar-refractivity contribution in [2.45, 2.75) is 115 Å². The fourth-order valence-electron chi connectivity index (χ4n) is 9.48. The molecule has 4 N–H and O–H groups in total. The molecule has 9 atom stereocenters. The van der Waals surface area contributed by atoms with E-state index >= 15 is 0 Å². The van der Waals surface area contributed by atoms with Crippen molar-refractivity contribution >= 4 is 62.8 Å². The van der Waals surface area contributed by atoms with Crippen molar-refractivity contribution in [3.05, 3.63) is 41.3 Å². The third kappa shape index (κ3) is 9.77. The number of aliphatic carboxylic acids is 1. The van der Waals surface area contributed by atoms with Crippen molar-refractivity contribution in [2.24, 2.45) is 23.2 Å². The molecule has 4 heterocycles. The molecule has 3 aliphatic carbocycles. The van der Waals surface area contributed by atoms with Crippen LogP contribution in [-0.4, -0.2) is 131 Å². The van der Waals surface area contributed by atoms with Gasteiger partial charge in [0.1, 0.15) is 58.7 Å². The highest BCUT2D eigenvalue weighted by Gasteiger charge is 2.61. The smallest absolute Gasteiger partial charge is 0.408 e. The van der Waals surface area contributed by atoms with Crippen LogP contribution in [0.4, 0.5) is 9.93 Å². The number of thiazole rings is 1. The minimum absolute atomic E-state index is 0.0197. The molecule has 0 radical (unpaired) electrons. The molecule has 346 valence electrons. The zero-order valence-electron chi connectivity index (χ0n) is 37.4. The number of nitrogens with zero attached hydrogens (tertiary/aromatic N) is 4. The number of alkyl carbamates (subject to hydrolysis) is 1. The van der Waals surface area contributed by atoms with Gasteiger partial charge in [0.15, 0.2) is 5.13 Å². The van der Waals surface area contributed by atoms with Crippen molar-refractivity contribution in [1.82, 2.24) is 30.4 Å². The van der Waals surface area contributed by atoms with Gasteiger partial charge in [0.25, 0.3) is 0 Å². The van der Waals surface area contributed by atoms with Crippen LogP contribution in [0.3, 0.4) is 0 Å². The number of aromatic nitrogens is 2. The molecule has 2 aliphatic heterocycles. The lowest BCUT2D eigenvalue weighted by Gasteiger charge is -2.35. The van der Waals surface area contributed by atoms with Crippen LogP contribution in [0.15, 0.2) is 36.2 Å². The second-order valence-corrected chi connectivity index (χ2v) is 20.6. The van der Waals surface area contributed by atoms with Crippen LogP contribution in [0, 0.1) is 23.2 Å². The highest BCUT2D eigenvalue weighted by Crippen LogP contribution is 2.52. The second kappa shape index (κ2) is 18.3. The maximum atomic E-state index is 14.8. The first-order valence-corrected chi connectivity index (χ1v) is 23.6. The first-order valence-electron chi connectivity index (χ1n) is 22.3. The lowest BCUT2D eigenvalue weighted by atomic mass is 9.85. The van der Waals surface area contributed by atoms with E-state index in [-0.39, 0.29) is 42.7 Å². The highest BCUT2D eigenvalue weighted by atomic mass is 35.5. The number of carbonyl (C=O) groups is 4. The lowest BCUT2D eigenvalue weighted by molar-refractivity contribution is -0.146. The first kappa shape index (κ1) is 45.8. The van der Waals surface area contributed by atoms with Crippen LogP contribution in [-0.2, 0) is 23.9 Å². The molecule has 2 saturated heterocycles. The van der Waals surface area contributed by atoms with E-state index in [4.69, 9.17) is 40.5 Å². The Morgan fingerprint density at radius 1 is 1.05 bits per heavy atom. The summed E-state index contributed by atoms with van der Waals surface area (Å²) in [6.07, 6.45) is 4.02. The minimum Gasteiger partial charge on any atom is -0.491 e. The number of carboxylic acids is 1. The van der Waals surface area contributed by atoms with Gasteiger partial charge >= 0.3 is 12.1 Å². The number of fused-ring (bicyclic) bond motifs is 2. The lowest BCUT2D eigenvalue weighted by Crippen LogP contribution is -2.59. The number of likely N-dealkylation sites (tertiary alicyclic amines) is 2. The largest absolute Gasteiger partial charge is 0.491 e. The molecule has 3 aromatic rings. The molecule has 1 aromatic carbocycles. The zero-order chi connectivity index (χ0) is 45.7. The number of rotatable bonds is 17. The van der Waals surface area contributed by atoms with E-state index in [1.54, 1.807) is 19.2 Å². The van der Waals surface area contributed by atoms with Gasteiger partial charge in [-0.2, -0.15) is 0 Å². The second-order valence-electron chi connectivity index (χ2n) is 19.4. The summed E-state index contributed by atoms with van der Waals surface area (Å²) in [5.41, 5.74) is -0.845. The van der Waals surface area contributed by atoms with E-state index in [0.29, 0.717) is 63.9 Å². The van der Waals surface area contributed by atoms with E-state index < -0.39 is 58.9 Å². The number of amides is 3. The average Bonchev–Trinajstić information content (AvgIpc) is 3.72. The van der Waals surface area contributed by atoms with Gasteiger partial charge in [0, 0.05) is 62.0 Å². The van der Waals surface area contributed by atoms with Crippen molar-refractivity contribution in [2.75, 3.05) is 45.2 Å². The molecule has 0 spiro atoms. The standard InChI is InChI=1S/C46H60ClN7O9S/c1-8-27-20-46(27,42(57)58)52-40(55)34-18-30(22-54(34)41(56)39(45(4,5)6)51-44(59)63-29-16-25-15-26(25)17-29)62-36-19-32(33-23-64-43(50-33)48-24(2)3)49-38-31(36)9-10-35(37(38)47)61-14-13-53-12-11-28(21-53)60-7/h8-10,19,23-30,34,39H,1,11-18,20-22H2,2-7H3,(H,48,50)(H,51,59)(H,52,55)(H,57,58)/t25-,26+,27-,28-,29?,30-,34+,39-,46-/m1/s1. The number of carboxylic acid groups (broad SMARTS) is 1. The van der Waals surface area contributed by atoms with Gasteiger partial charge in [0.2, 0.25) is 11.8 Å². The first-order chi connectivity index (χ1) is 30.5. The van der Waals surface area contributed by atoms with E-state index in [1.807, 2.05) is 46.1 Å². The number of benzene rings is 1. The van der Waals surface area contributed by atoms with Gasteiger partial charge < -0.3 is 44.9 Å². The van der Waals surface area contributed by atoms with Gasteiger partial charge in [0.05, 0.1) is 23.9 Å². The van der Waals surface area contributed by atoms with E-state index in [2.05, 4.69) is 27.4 Å². The number of methoxy groups -OCH3 is 1. The minimum atomic E-state index is -1.54. The third-order valence-corrected chi connectivity index (χ3v) is 14.4. The monoisotopic (exact) mass is 921 g/mol. The number of halogens is 1. The summed E-state index contributed by atoms with van der Waals surface area (Å²) in [7, 11) is 1.73. The maximum absolute atomic E-state index is 14.8. The molecule has 5 fully saturated rings. The molecule has 18 heteroatoms. The van der Waals surface area contributed by atoms with Gasteiger partial charge in [-0.3, -0.25) is 14.5 Å². The third-order valence-electron chi connectivity index (χ3n) is 13.3. The summed E-state index contributed by atoms with van der Waals surface area (Å²) in [4.78, 5) is 68.4. The summed E-state index contributed by atoms with van der Waals surface area (Å²) in [5.74, 6) is -0.789. The van der Waals surface area contributed by atoms with Crippen molar-refractivity contribution in [1.29, 1.82) is 0 Å².